The number of hydrogen-bond donors (Lipinski definition) is 0. The maximum atomic E-state index is 12.9. The maximum absolute atomic E-state index is 12.9. The number of hydrogen-bond acceptors (Lipinski definition) is 4. The first-order valence-corrected chi connectivity index (χ1v) is 8.56. The Morgan fingerprint density at radius 3 is 2.58 bits per heavy atom. The van der Waals surface area contributed by atoms with Gasteiger partial charge in [0.25, 0.3) is 5.91 Å². The highest BCUT2D eigenvalue weighted by Crippen LogP contribution is 2.37. The van der Waals surface area contributed by atoms with Crippen LogP contribution in [0.1, 0.15) is 74.7 Å². The second-order valence-electron chi connectivity index (χ2n) is 7.63. The summed E-state index contributed by atoms with van der Waals surface area (Å²) < 4.78 is 5.58. The van der Waals surface area contributed by atoms with E-state index >= 15 is 0 Å². The summed E-state index contributed by atoms with van der Waals surface area (Å²) in [6.07, 6.45) is 0.929. The average Bonchev–Trinajstić information content (AvgIpc) is 3.14. The minimum absolute atomic E-state index is 0.0476. The van der Waals surface area contributed by atoms with Gasteiger partial charge in [-0.05, 0) is 17.5 Å². The molecule has 0 fully saturated rings. The summed E-state index contributed by atoms with van der Waals surface area (Å²) in [5, 5.41) is 4.15. The van der Waals surface area contributed by atoms with Gasteiger partial charge in [-0.3, -0.25) is 4.79 Å². The van der Waals surface area contributed by atoms with Gasteiger partial charge in [0.15, 0.2) is 5.82 Å². The summed E-state index contributed by atoms with van der Waals surface area (Å²) in [5.41, 5.74) is 1.66. The molecule has 1 aromatic carbocycles. The van der Waals surface area contributed by atoms with Crippen molar-refractivity contribution in [3.8, 4) is 0 Å². The largest absolute Gasteiger partial charge is 0.337 e. The molecule has 0 saturated carbocycles. The molecule has 2 atom stereocenters. The number of aromatic nitrogens is 2. The first-order chi connectivity index (χ1) is 11.3. The van der Waals surface area contributed by atoms with Crippen LogP contribution in [0.5, 0.6) is 0 Å². The summed E-state index contributed by atoms with van der Waals surface area (Å²) in [4.78, 5) is 19.4. The van der Waals surface area contributed by atoms with E-state index in [1.165, 1.54) is 0 Å². The summed E-state index contributed by atoms with van der Waals surface area (Å²) in [6.45, 7) is 11.0. The third-order valence-corrected chi connectivity index (χ3v) is 4.73. The number of fused-ring (bicyclic) bond motifs is 1. The molecule has 128 valence electrons. The SMILES string of the molecule is CCC(C)C(c1nc(C(C)(C)C)no1)N1Cc2ccccc2C1=O. The van der Waals surface area contributed by atoms with Crippen molar-refractivity contribution >= 4 is 5.91 Å². The van der Waals surface area contributed by atoms with Gasteiger partial charge in [-0.25, -0.2) is 0 Å². The molecule has 0 aliphatic carbocycles. The van der Waals surface area contributed by atoms with Gasteiger partial charge in [-0.15, -0.1) is 0 Å². The van der Waals surface area contributed by atoms with E-state index in [0.29, 0.717) is 18.3 Å². The summed E-state index contributed by atoms with van der Waals surface area (Å²) in [6, 6.07) is 7.58. The molecule has 0 saturated heterocycles. The molecule has 0 bridgehead atoms. The molecule has 5 heteroatoms. The smallest absolute Gasteiger partial charge is 0.255 e. The molecular formula is C19H25N3O2. The second-order valence-corrected chi connectivity index (χ2v) is 7.63. The van der Waals surface area contributed by atoms with Gasteiger partial charge in [-0.2, -0.15) is 4.98 Å². The fourth-order valence-corrected chi connectivity index (χ4v) is 3.07. The molecular weight excluding hydrogens is 302 g/mol. The van der Waals surface area contributed by atoms with E-state index in [9.17, 15) is 4.79 Å². The topological polar surface area (TPSA) is 59.2 Å². The van der Waals surface area contributed by atoms with Crippen LogP contribution in [0.25, 0.3) is 0 Å². The lowest BCUT2D eigenvalue weighted by Gasteiger charge is -2.29. The molecule has 0 spiro atoms. The van der Waals surface area contributed by atoms with E-state index in [1.54, 1.807) is 0 Å². The molecule has 24 heavy (non-hydrogen) atoms. The molecule has 0 radical (unpaired) electrons. The van der Waals surface area contributed by atoms with E-state index in [0.717, 1.165) is 17.5 Å². The maximum Gasteiger partial charge on any atom is 0.255 e. The predicted molar refractivity (Wildman–Crippen MR) is 91.5 cm³/mol. The molecule has 3 rings (SSSR count). The summed E-state index contributed by atoms with van der Waals surface area (Å²) >= 11 is 0. The summed E-state index contributed by atoms with van der Waals surface area (Å²) in [7, 11) is 0. The van der Waals surface area contributed by atoms with Crippen LogP contribution in [-0.4, -0.2) is 20.9 Å². The Kier molecular flexibility index (Phi) is 4.20. The zero-order valence-electron chi connectivity index (χ0n) is 15.0. The van der Waals surface area contributed by atoms with Crippen LogP contribution in [0.2, 0.25) is 0 Å². The van der Waals surface area contributed by atoms with E-state index in [1.807, 2.05) is 29.2 Å². The first kappa shape index (κ1) is 16.7. The van der Waals surface area contributed by atoms with Crippen LogP contribution in [0.15, 0.2) is 28.8 Å². The Morgan fingerprint density at radius 1 is 1.29 bits per heavy atom. The van der Waals surface area contributed by atoms with Gasteiger partial charge < -0.3 is 9.42 Å². The van der Waals surface area contributed by atoms with Gasteiger partial charge in [0, 0.05) is 17.5 Å². The monoisotopic (exact) mass is 327 g/mol. The number of amides is 1. The van der Waals surface area contributed by atoms with Gasteiger partial charge in [-0.1, -0.05) is 64.4 Å². The first-order valence-electron chi connectivity index (χ1n) is 8.56. The van der Waals surface area contributed by atoms with E-state index in [2.05, 4.69) is 44.8 Å². The Labute approximate surface area is 143 Å². The molecule has 1 amide bonds. The van der Waals surface area contributed by atoms with Crippen molar-refractivity contribution in [1.82, 2.24) is 15.0 Å². The molecule has 0 N–H and O–H groups in total. The van der Waals surface area contributed by atoms with Crippen LogP contribution in [-0.2, 0) is 12.0 Å². The van der Waals surface area contributed by atoms with E-state index < -0.39 is 0 Å². The van der Waals surface area contributed by atoms with Crippen LogP contribution < -0.4 is 0 Å². The molecule has 1 aliphatic rings. The predicted octanol–water partition coefficient (Wildman–Crippen LogP) is 4.11. The average molecular weight is 327 g/mol. The Morgan fingerprint density at radius 2 is 2.00 bits per heavy atom. The van der Waals surface area contributed by atoms with Gasteiger partial charge in [0.05, 0.1) is 0 Å². The molecule has 1 aromatic heterocycles. The minimum Gasteiger partial charge on any atom is -0.337 e. The molecule has 2 unspecified atom stereocenters. The Hall–Kier alpha value is -2.17. The van der Waals surface area contributed by atoms with Gasteiger partial charge in [0.2, 0.25) is 5.89 Å². The third-order valence-electron chi connectivity index (χ3n) is 4.73. The highest BCUT2D eigenvalue weighted by atomic mass is 16.5. The van der Waals surface area contributed by atoms with E-state index in [-0.39, 0.29) is 23.3 Å². The Bertz CT molecular complexity index is 745. The number of rotatable bonds is 4. The lowest BCUT2D eigenvalue weighted by atomic mass is 9.95. The van der Waals surface area contributed by atoms with Crippen molar-refractivity contribution in [3.63, 3.8) is 0 Å². The van der Waals surface area contributed by atoms with Crippen molar-refractivity contribution in [2.45, 2.75) is 59.0 Å². The molecule has 5 nitrogen and oxygen atoms in total. The zero-order valence-corrected chi connectivity index (χ0v) is 15.0. The van der Waals surface area contributed by atoms with Crippen LogP contribution in [0.3, 0.4) is 0 Å². The second kappa shape index (κ2) is 6.04. The lowest BCUT2D eigenvalue weighted by molar-refractivity contribution is 0.0578. The normalized spacial score (nSPS) is 17.0. The fourth-order valence-electron chi connectivity index (χ4n) is 3.07. The van der Waals surface area contributed by atoms with Crippen molar-refractivity contribution < 1.29 is 9.32 Å². The van der Waals surface area contributed by atoms with Crippen molar-refractivity contribution in [1.29, 1.82) is 0 Å². The van der Waals surface area contributed by atoms with Crippen LogP contribution in [0.4, 0.5) is 0 Å². The molecule has 1 aliphatic heterocycles. The number of nitrogens with zero attached hydrogens (tertiary/aromatic N) is 3. The lowest BCUT2D eigenvalue weighted by Crippen LogP contribution is -2.33. The van der Waals surface area contributed by atoms with Gasteiger partial charge in [0.1, 0.15) is 6.04 Å². The minimum atomic E-state index is -0.196. The van der Waals surface area contributed by atoms with Crippen molar-refractivity contribution in [2.75, 3.05) is 0 Å². The highest BCUT2D eigenvalue weighted by molar-refractivity contribution is 5.98. The standard InChI is InChI=1S/C19H25N3O2/c1-6-12(2)15(16-20-18(21-24-16)19(3,4)5)22-11-13-9-7-8-10-14(13)17(22)23/h7-10,12,15H,6,11H2,1-5H3. The molecule has 2 heterocycles. The van der Waals surface area contributed by atoms with Crippen molar-refractivity contribution in [2.24, 2.45) is 5.92 Å². The van der Waals surface area contributed by atoms with Crippen LogP contribution in [0, 0.1) is 5.92 Å². The third kappa shape index (κ3) is 2.83. The zero-order chi connectivity index (χ0) is 17.5. The van der Waals surface area contributed by atoms with Crippen molar-refractivity contribution in [3.05, 3.63) is 47.1 Å². The molecule has 2 aromatic rings. The number of carbonyl (C=O) groups is 1. The van der Waals surface area contributed by atoms with E-state index in [4.69, 9.17) is 4.52 Å². The van der Waals surface area contributed by atoms with Crippen LogP contribution >= 0.6 is 0 Å². The number of benzene rings is 1. The quantitative estimate of drug-likeness (QED) is 0.848. The summed E-state index contributed by atoms with van der Waals surface area (Å²) in [5.74, 6) is 1.49. The highest BCUT2D eigenvalue weighted by Gasteiger charge is 2.39. The Balaban J connectivity index is 1.97. The fraction of sp³-hybridized carbons (Fsp3) is 0.526. The number of carbonyl (C=O) groups excluding carboxylic acids is 1. The van der Waals surface area contributed by atoms with Gasteiger partial charge >= 0.3 is 0 Å².